The van der Waals surface area contributed by atoms with Crippen LogP contribution in [0.1, 0.15) is 24.9 Å². The zero-order chi connectivity index (χ0) is 14.9. The van der Waals surface area contributed by atoms with E-state index in [-0.39, 0.29) is 11.3 Å². The highest BCUT2D eigenvalue weighted by atomic mass is 16.5. The summed E-state index contributed by atoms with van der Waals surface area (Å²) >= 11 is 0. The third-order valence-electron chi connectivity index (χ3n) is 4.82. The third-order valence-corrected chi connectivity index (χ3v) is 4.82. The van der Waals surface area contributed by atoms with Crippen molar-refractivity contribution in [1.29, 1.82) is 0 Å². The summed E-state index contributed by atoms with van der Waals surface area (Å²) in [6.45, 7) is 6.35. The standard InChI is InChI=1S/C17H24N2O2/c1-14(15-6-4-3-5-7-15)19-8-9-21-13-17(12-19)10-16(20)18(2)11-17/h3-7,14H,8-13H2,1-2H3/t14-,17-/m0/s1. The molecule has 4 nitrogen and oxygen atoms in total. The fraction of sp³-hybridized carbons (Fsp3) is 0.588. The molecule has 0 aromatic heterocycles. The molecule has 2 aliphatic rings. The van der Waals surface area contributed by atoms with Crippen molar-refractivity contribution < 1.29 is 9.53 Å². The summed E-state index contributed by atoms with van der Waals surface area (Å²) in [5, 5.41) is 0. The topological polar surface area (TPSA) is 32.8 Å². The molecule has 1 spiro atoms. The molecule has 2 heterocycles. The zero-order valence-corrected chi connectivity index (χ0v) is 12.9. The molecule has 3 rings (SSSR count). The highest BCUT2D eigenvalue weighted by Crippen LogP contribution is 2.36. The highest BCUT2D eigenvalue weighted by Gasteiger charge is 2.44. The summed E-state index contributed by atoms with van der Waals surface area (Å²) in [6, 6.07) is 10.9. The van der Waals surface area contributed by atoms with Crippen LogP contribution >= 0.6 is 0 Å². The maximum absolute atomic E-state index is 12.0. The molecule has 2 aliphatic heterocycles. The summed E-state index contributed by atoms with van der Waals surface area (Å²) in [5.74, 6) is 0.243. The van der Waals surface area contributed by atoms with Gasteiger partial charge in [-0.25, -0.2) is 0 Å². The van der Waals surface area contributed by atoms with E-state index in [1.54, 1.807) is 0 Å². The second kappa shape index (κ2) is 5.78. The average molecular weight is 288 g/mol. The van der Waals surface area contributed by atoms with Crippen molar-refractivity contribution in [3.8, 4) is 0 Å². The summed E-state index contributed by atoms with van der Waals surface area (Å²) in [5.41, 5.74) is 1.29. The van der Waals surface area contributed by atoms with Gasteiger partial charge in [-0.3, -0.25) is 9.69 Å². The fourth-order valence-electron chi connectivity index (χ4n) is 3.60. The summed E-state index contributed by atoms with van der Waals surface area (Å²) in [7, 11) is 1.90. The summed E-state index contributed by atoms with van der Waals surface area (Å²) < 4.78 is 5.82. The van der Waals surface area contributed by atoms with E-state index in [1.807, 2.05) is 18.0 Å². The van der Waals surface area contributed by atoms with Crippen LogP contribution < -0.4 is 0 Å². The molecule has 1 aromatic carbocycles. The van der Waals surface area contributed by atoms with Crippen LogP contribution in [0.5, 0.6) is 0 Å². The lowest BCUT2D eigenvalue weighted by Gasteiger charge is -2.34. The van der Waals surface area contributed by atoms with Crippen molar-refractivity contribution in [3.05, 3.63) is 35.9 Å². The Balaban J connectivity index is 1.78. The molecule has 0 N–H and O–H groups in total. The lowest BCUT2D eigenvalue weighted by molar-refractivity contribution is -0.126. The number of hydrogen-bond donors (Lipinski definition) is 0. The number of hydrogen-bond acceptors (Lipinski definition) is 3. The molecule has 0 aliphatic carbocycles. The number of nitrogens with zero attached hydrogens (tertiary/aromatic N) is 2. The molecule has 1 amide bonds. The first-order chi connectivity index (χ1) is 10.1. The Morgan fingerprint density at radius 1 is 1.24 bits per heavy atom. The highest BCUT2D eigenvalue weighted by molar-refractivity contribution is 5.79. The minimum absolute atomic E-state index is 0.0363. The van der Waals surface area contributed by atoms with Gasteiger partial charge in [-0.15, -0.1) is 0 Å². The van der Waals surface area contributed by atoms with Crippen molar-refractivity contribution in [2.75, 3.05) is 39.9 Å². The normalized spacial score (nSPS) is 28.9. The van der Waals surface area contributed by atoms with E-state index in [9.17, 15) is 4.79 Å². The van der Waals surface area contributed by atoms with Crippen LogP contribution in [0.25, 0.3) is 0 Å². The van der Waals surface area contributed by atoms with Gasteiger partial charge in [-0.05, 0) is 12.5 Å². The Morgan fingerprint density at radius 2 is 2.00 bits per heavy atom. The maximum atomic E-state index is 12.0. The van der Waals surface area contributed by atoms with Crippen molar-refractivity contribution in [1.82, 2.24) is 9.80 Å². The van der Waals surface area contributed by atoms with Crippen molar-refractivity contribution >= 4 is 5.91 Å². The van der Waals surface area contributed by atoms with E-state index in [2.05, 4.69) is 36.1 Å². The van der Waals surface area contributed by atoms with E-state index in [0.717, 1.165) is 26.2 Å². The lowest BCUT2D eigenvalue weighted by atomic mass is 9.86. The number of carbonyl (C=O) groups is 1. The van der Waals surface area contributed by atoms with Crippen LogP contribution in [0.3, 0.4) is 0 Å². The number of ether oxygens (including phenoxy) is 1. The van der Waals surface area contributed by atoms with Crippen LogP contribution in [-0.4, -0.2) is 55.6 Å². The van der Waals surface area contributed by atoms with Crippen LogP contribution in [0.4, 0.5) is 0 Å². The Morgan fingerprint density at radius 3 is 2.67 bits per heavy atom. The number of likely N-dealkylation sites (tertiary alicyclic amines) is 1. The first-order valence-electron chi connectivity index (χ1n) is 7.70. The Bertz CT molecular complexity index is 505. The Kier molecular flexibility index (Phi) is 4.00. The minimum Gasteiger partial charge on any atom is -0.379 e. The summed E-state index contributed by atoms with van der Waals surface area (Å²) in [4.78, 5) is 16.3. The molecule has 4 heteroatoms. The van der Waals surface area contributed by atoms with Crippen molar-refractivity contribution in [3.63, 3.8) is 0 Å². The van der Waals surface area contributed by atoms with Crippen LogP contribution in [0, 0.1) is 5.41 Å². The third kappa shape index (κ3) is 2.97. The molecule has 0 radical (unpaired) electrons. The van der Waals surface area contributed by atoms with Crippen LogP contribution in [0.2, 0.25) is 0 Å². The van der Waals surface area contributed by atoms with Gasteiger partial charge in [0.15, 0.2) is 0 Å². The first kappa shape index (κ1) is 14.5. The second-order valence-electron chi connectivity index (χ2n) is 6.54. The number of benzene rings is 1. The molecule has 0 bridgehead atoms. The fourth-order valence-corrected chi connectivity index (χ4v) is 3.60. The quantitative estimate of drug-likeness (QED) is 0.833. The van der Waals surface area contributed by atoms with Crippen molar-refractivity contribution in [2.24, 2.45) is 5.41 Å². The van der Waals surface area contributed by atoms with Gasteiger partial charge in [0.25, 0.3) is 0 Å². The van der Waals surface area contributed by atoms with Crippen LogP contribution in [0.15, 0.2) is 30.3 Å². The Labute approximate surface area is 126 Å². The van der Waals surface area contributed by atoms with Gasteiger partial charge in [0.1, 0.15) is 0 Å². The van der Waals surface area contributed by atoms with Gasteiger partial charge < -0.3 is 9.64 Å². The predicted octanol–water partition coefficient (Wildman–Crippen LogP) is 1.93. The molecule has 0 saturated carbocycles. The summed E-state index contributed by atoms with van der Waals surface area (Å²) in [6.07, 6.45) is 0.613. The molecule has 114 valence electrons. The lowest BCUT2D eigenvalue weighted by Crippen LogP contribution is -2.41. The van der Waals surface area contributed by atoms with E-state index >= 15 is 0 Å². The SMILES string of the molecule is C[C@@H](c1ccccc1)N1CCOC[C@]2(CC(=O)N(C)C2)C1. The molecule has 2 atom stereocenters. The predicted molar refractivity (Wildman–Crippen MR) is 81.9 cm³/mol. The van der Waals surface area contributed by atoms with Gasteiger partial charge in [-0.1, -0.05) is 30.3 Å². The smallest absolute Gasteiger partial charge is 0.223 e. The molecule has 2 fully saturated rings. The van der Waals surface area contributed by atoms with Gasteiger partial charge >= 0.3 is 0 Å². The van der Waals surface area contributed by atoms with Crippen LogP contribution in [-0.2, 0) is 9.53 Å². The largest absolute Gasteiger partial charge is 0.379 e. The van der Waals surface area contributed by atoms with E-state index in [0.29, 0.717) is 19.1 Å². The molecule has 21 heavy (non-hydrogen) atoms. The molecule has 2 saturated heterocycles. The average Bonchev–Trinajstić information content (AvgIpc) is 2.65. The van der Waals surface area contributed by atoms with Crippen molar-refractivity contribution in [2.45, 2.75) is 19.4 Å². The first-order valence-corrected chi connectivity index (χ1v) is 7.70. The molecular weight excluding hydrogens is 264 g/mol. The van der Waals surface area contributed by atoms with Gasteiger partial charge in [0.05, 0.1) is 13.2 Å². The maximum Gasteiger partial charge on any atom is 0.223 e. The second-order valence-corrected chi connectivity index (χ2v) is 6.54. The van der Waals surface area contributed by atoms with Gasteiger partial charge in [0, 0.05) is 44.6 Å². The van der Waals surface area contributed by atoms with Gasteiger partial charge in [-0.2, -0.15) is 0 Å². The van der Waals surface area contributed by atoms with E-state index in [1.165, 1.54) is 5.56 Å². The molecule has 0 unspecified atom stereocenters. The zero-order valence-electron chi connectivity index (χ0n) is 12.9. The number of rotatable bonds is 2. The monoisotopic (exact) mass is 288 g/mol. The number of carbonyl (C=O) groups excluding carboxylic acids is 1. The van der Waals surface area contributed by atoms with Gasteiger partial charge in [0.2, 0.25) is 5.91 Å². The van der Waals surface area contributed by atoms with E-state index in [4.69, 9.17) is 4.74 Å². The Hall–Kier alpha value is -1.39. The molecular formula is C17H24N2O2. The minimum atomic E-state index is -0.0363. The number of amides is 1. The van der Waals surface area contributed by atoms with E-state index < -0.39 is 0 Å². The molecule has 1 aromatic rings.